The summed E-state index contributed by atoms with van der Waals surface area (Å²) in [6, 6.07) is 17.4. The fourth-order valence-electron chi connectivity index (χ4n) is 3.81. The van der Waals surface area contributed by atoms with Crippen molar-refractivity contribution in [3.05, 3.63) is 71.3 Å². The average molecular weight is 437 g/mol. The highest BCUT2D eigenvalue weighted by Crippen LogP contribution is 2.09. The lowest BCUT2D eigenvalue weighted by Gasteiger charge is -2.34. The molecule has 1 fully saturated rings. The molecule has 0 atom stereocenters. The van der Waals surface area contributed by atoms with E-state index >= 15 is 0 Å². The zero-order valence-electron chi connectivity index (χ0n) is 19.6. The fraction of sp³-hybridized carbons (Fsp3) is 0.462. The van der Waals surface area contributed by atoms with Crippen LogP contribution in [0, 0.1) is 0 Å². The van der Waals surface area contributed by atoms with Gasteiger partial charge in [-0.05, 0) is 63.6 Å². The number of hydrogen-bond acceptors (Lipinski definition) is 4. The molecule has 0 aliphatic carbocycles. The van der Waals surface area contributed by atoms with Crippen LogP contribution in [-0.2, 0) is 6.54 Å². The molecule has 1 saturated heterocycles. The van der Waals surface area contributed by atoms with Crippen molar-refractivity contribution >= 4 is 11.8 Å². The second kappa shape index (κ2) is 11.2. The van der Waals surface area contributed by atoms with E-state index in [1.807, 2.05) is 20.8 Å². The molecule has 2 N–H and O–H groups in total. The molecule has 1 aliphatic rings. The fourth-order valence-corrected chi connectivity index (χ4v) is 3.81. The van der Waals surface area contributed by atoms with E-state index in [-0.39, 0.29) is 17.4 Å². The van der Waals surface area contributed by atoms with E-state index < -0.39 is 0 Å². The molecule has 0 bridgehead atoms. The molecule has 1 aliphatic heterocycles. The summed E-state index contributed by atoms with van der Waals surface area (Å²) in [5.74, 6) is -0.228. The maximum Gasteiger partial charge on any atom is 0.251 e. The average Bonchev–Trinajstić information content (AvgIpc) is 2.77. The molecule has 172 valence electrons. The van der Waals surface area contributed by atoms with E-state index in [2.05, 4.69) is 50.8 Å². The third kappa shape index (κ3) is 7.77. The lowest BCUT2D eigenvalue weighted by atomic mass is 10.1. The molecule has 0 aromatic heterocycles. The summed E-state index contributed by atoms with van der Waals surface area (Å²) in [7, 11) is 0. The predicted octanol–water partition coefficient (Wildman–Crippen LogP) is 3.15. The van der Waals surface area contributed by atoms with Gasteiger partial charge in [-0.15, -0.1) is 0 Å². The molecule has 2 aromatic carbocycles. The van der Waals surface area contributed by atoms with Gasteiger partial charge in [-0.3, -0.25) is 14.5 Å². The highest BCUT2D eigenvalue weighted by molar-refractivity contribution is 5.98. The first-order valence-corrected chi connectivity index (χ1v) is 11.5. The molecule has 2 amide bonds. The van der Waals surface area contributed by atoms with Crippen LogP contribution in [0.1, 0.15) is 53.5 Å². The number of rotatable bonds is 8. The van der Waals surface area contributed by atoms with Crippen molar-refractivity contribution < 1.29 is 9.59 Å². The van der Waals surface area contributed by atoms with Crippen molar-refractivity contribution in [3.63, 3.8) is 0 Å². The SMILES string of the molecule is CC(C)(C)NC(=O)c1ccc(C(=O)NCCCN2CCN(Cc3ccccc3)CC2)cc1. The van der Waals surface area contributed by atoms with E-state index in [0.717, 1.165) is 45.7 Å². The number of amides is 2. The van der Waals surface area contributed by atoms with Gasteiger partial charge in [-0.1, -0.05) is 30.3 Å². The molecular weight excluding hydrogens is 400 g/mol. The highest BCUT2D eigenvalue weighted by atomic mass is 16.2. The number of carbonyl (C=O) groups excluding carboxylic acids is 2. The molecular formula is C26H36N4O2. The molecule has 0 spiro atoms. The van der Waals surface area contributed by atoms with Gasteiger partial charge < -0.3 is 15.5 Å². The van der Waals surface area contributed by atoms with Gasteiger partial charge in [-0.2, -0.15) is 0 Å². The van der Waals surface area contributed by atoms with Crippen LogP contribution in [0.2, 0.25) is 0 Å². The summed E-state index contributed by atoms with van der Waals surface area (Å²) in [6.07, 6.45) is 0.927. The minimum absolute atomic E-state index is 0.0968. The molecule has 32 heavy (non-hydrogen) atoms. The summed E-state index contributed by atoms with van der Waals surface area (Å²) in [5.41, 5.74) is 2.21. The topological polar surface area (TPSA) is 64.7 Å². The Bertz CT molecular complexity index is 867. The van der Waals surface area contributed by atoms with E-state index in [0.29, 0.717) is 17.7 Å². The zero-order chi connectivity index (χ0) is 23.0. The Kier molecular flexibility index (Phi) is 8.42. The van der Waals surface area contributed by atoms with Crippen molar-refractivity contribution in [1.82, 2.24) is 20.4 Å². The van der Waals surface area contributed by atoms with Crippen LogP contribution in [0.15, 0.2) is 54.6 Å². The maximum absolute atomic E-state index is 12.4. The van der Waals surface area contributed by atoms with Crippen molar-refractivity contribution in [3.8, 4) is 0 Å². The Morgan fingerprint density at radius 2 is 1.38 bits per heavy atom. The molecule has 0 saturated carbocycles. The first-order valence-electron chi connectivity index (χ1n) is 11.5. The second-order valence-corrected chi connectivity index (χ2v) is 9.49. The summed E-state index contributed by atoms with van der Waals surface area (Å²) >= 11 is 0. The van der Waals surface area contributed by atoms with Gasteiger partial charge in [-0.25, -0.2) is 0 Å². The van der Waals surface area contributed by atoms with Gasteiger partial charge in [0.05, 0.1) is 0 Å². The third-order valence-electron chi connectivity index (χ3n) is 5.55. The lowest BCUT2D eigenvalue weighted by Crippen LogP contribution is -2.46. The van der Waals surface area contributed by atoms with Gasteiger partial charge in [0.2, 0.25) is 0 Å². The van der Waals surface area contributed by atoms with Crippen LogP contribution in [0.5, 0.6) is 0 Å². The lowest BCUT2D eigenvalue weighted by molar-refractivity contribution is 0.0914. The third-order valence-corrected chi connectivity index (χ3v) is 5.55. The van der Waals surface area contributed by atoms with E-state index in [1.165, 1.54) is 5.56 Å². The zero-order valence-corrected chi connectivity index (χ0v) is 19.6. The van der Waals surface area contributed by atoms with Crippen molar-refractivity contribution in [2.45, 2.75) is 39.3 Å². The van der Waals surface area contributed by atoms with Gasteiger partial charge in [0, 0.05) is 55.9 Å². The van der Waals surface area contributed by atoms with Crippen LogP contribution in [0.4, 0.5) is 0 Å². The number of piperazine rings is 1. The number of hydrogen-bond donors (Lipinski definition) is 2. The number of nitrogens with one attached hydrogen (secondary N) is 2. The van der Waals surface area contributed by atoms with Crippen molar-refractivity contribution in [2.75, 3.05) is 39.3 Å². The number of benzene rings is 2. The summed E-state index contributed by atoms with van der Waals surface area (Å²) in [5, 5.41) is 5.92. The smallest absolute Gasteiger partial charge is 0.251 e. The van der Waals surface area contributed by atoms with Crippen LogP contribution in [-0.4, -0.2) is 66.4 Å². The maximum atomic E-state index is 12.4. The second-order valence-electron chi connectivity index (χ2n) is 9.49. The van der Waals surface area contributed by atoms with E-state index in [1.54, 1.807) is 24.3 Å². The first kappa shape index (κ1) is 24.0. The van der Waals surface area contributed by atoms with Crippen LogP contribution < -0.4 is 10.6 Å². The largest absolute Gasteiger partial charge is 0.352 e. The van der Waals surface area contributed by atoms with Crippen molar-refractivity contribution in [1.29, 1.82) is 0 Å². The first-order chi connectivity index (χ1) is 15.3. The van der Waals surface area contributed by atoms with Crippen molar-refractivity contribution in [2.24, 2.45) is 0 Å². The minimum Gasteiger partial charge on any atom is -0.352 e. The molecule has 2 aromatic rings. The summed E-state index contributed by atoms with van der Waals surface area (Å²) < 4.78 is 0. The van der Waals surface area contributed by atoms with Gasteiger partial charge in [0.15, 0.2) is 0 Å². The minimum atomic E-state index is -0.290. The number of nitrogens with zero attached hydrogens (tertiary/aromatic N) is 2. The molecule has 1 heterocycles. The Labute approximate surface area is 192 Å². The van der Waals surface area contributed by atoms with E-state index in [4.69, 9.17) is 0 Å². The summed E-state index contributed by atoms with van der Waals surface area (Å²) in [4.78, 5) is 29.6. The number of carbonyl (C=O) groups is 2. The quantitative estimate of drug-likeness (QED) is 0.624. The van der Waals surface area contributed by atoms with Gasteiger partial charge >= 0.3 is 0 Å². The van der Waals surface area contributed by atoms with Crippen LogP contribution in [0.3, 0.4) is 0 Å². The van der Waals surface area contributed by atoms with Gasteiger partial charge in [0.25, 0.3) is 11.8 Å². The highest BCUT2D eigenvalue weighted by Gasteiger charge is 2.17. The van der Waals surface area contributed by atoms with Gasteiger partial charge in [0.1, 0.15) is 0 Å². The molecule has 0 radical (unpaired) electrons. The monoisotopic (exact) mass is 436 g/mol. The summed E-state index contributed by atoms with van der Waals surface area (Å²) in [6.45, 7) is 12.8. The Morgan fingerprint density at radius 1 is 0.812 bits per heavy atom. The Hall–Kier alpha value is -2.70. The molecule has 0 unspecified atom stereocenters. The van der Waals surface area contributed by atoms with Crippen LogP contribution in [0.25, 0.3) is 0 Å². The molecule has 3 rings (SSSR count). The molecule has 6 heteroatoms. The van der Waals surface area contributed by atoms with E-state index in [9.17, 15) is 9.59 Å². The standard InChI is InChI=1S/C26H36N4O2/c1-26(2,3)28-25(32)23-12-10-22(11-13-23)24(31)27-14-7-15-29-16-18-30(19-17-29)20-21-8-5-4-6-9-21/h4-6,8-13H,7,14-20H2,1-3H3,(H,27,31)(H,28,32). The Balaban J connectivity index is 1.33. The molecule has 6 nitrogen and oxygen atoms in total. The van der Waals surface area contributed by atoms with Crippen LogP contribution >= 0.6 is 0 Å². The normalized spacial score (nSPS) is 15.3. The Morgan fingerprint density at radius 3 is 1.97 bits per heavy atom. The predicted molar refractivity (Wildman–Crippen MR) is 129 cm³/mol.